The number of hydrogen-bond donors (Lipinski definition) is 1. The molecule has 1 unspecified atom stereocenters. The lowest BCUT2D eigenvalue weighted by Gasteiger charge is -2.23. The summed E-state index contributed by atoms with van der Waals surface area (Å²) in [4.78, 5) is 0. The summed E-state index contributed by atoms with van der Waals surface area (Å²) in [6, 6.07) is 19.8. The molecule has 106 valence electrons. The van der Waals surface area contributed by atoms with Gasteiger partial charge in [0.1, 0.15) is 0 Å². The molecule has 0 saturated carbocycles. The summed E-state index contributed by atoms with van der Waals surface area (Å²) in [5.41, 5.74) is 4.21. The summed E-state index contributed by atoms with van der Waals surface area (Å²) >= 11 is 0. The van der Waals surface area contributed by atoms with Gasteiger partial charge in [0.15, 0.2) is 0 Å². The number of hydrogen-bond acceptors (Lipinski definition) is 1. The zero-order valence-corrected chi connectivity index (χ0v) is 12.8. The Balaban J connectivity index is 1.95. The van der Waals surface area contributed by atoms with Gasteiger partial charge < -0.3 is 5.32 Å². The summed E-state index contributed by atoms with van der Waals surface area (Å²) < 4.78 is 0. The summed E-state index contributed by atoms with van der Waals surface area (Å²) in [7, 11) is 0. The van der Waals surface area contributed by atoms with Crippen LogP contribution in [0, 0.1) is 12.8 Å². The minimum Gasteiger partial charge on any atom is -0.309 e. The highest BCUT2D eigenvalue weighted by atomic mass is 14.9. The van der Waals surface area contributed by atoms with Crippen LogP contribution in [0.4, 0.5) is 0 Å². The quantitative estimate of drug-likeness (QED) is 0.811. The minimum absolute atomic E-state index is 0.431. The molecular formula is C19H25N. The Morgan fingerprint density at radius 2 is 1.55 bits per heavy atom. The fourth-order valence-corrected chi connectivity index (χ4v) is 2.65. The topological polar surface area (TPSA) is 12.0 Å². The largest absolute Gasteiger partial charge is 0.309 e. The van der Waals surface area contributed by atoms with E-state index in [0.29, 0.717) is 12.0 Å². The van der Waals surface area contributed by atoms with Crippen molar-refractivity contribution in [1.82, 2.24) is 5.32 Å². The number of aryl methyl sites for hydroxylation is 1. The first-order valence-corrected chi connectivity index (χ1v) is 7.51. The average Bonchev–Trinajstić information content (AvgIpc) is 2.46. The maximum Gasteiger partial charge on any atom is 0.0343 e. The van der Waals surface area contributed by atoms with E-state index in [1.54, 1.807) is 0 Å². The van der Waals surface area contributed by atoms with E-state index < -0.39 is 0 Å². The molecule has 0 bridgehead atoms. The van der Waals surface area contributed by atoms with Crippen LogP contribution in [0.2, 0.25) is 0 Å². The van der Waals surface area contributed by atoms with Crippen LogP contribution in [0.15, 0.2) is 54.6 Å². The first-order valence-electron chi connectivity index (χ1n) is 7.51. The van der Waals surface area contributed by atoms with Gasteiger partial charge in [0.05, 0.1) is 0 Å². The van der Waals surface area contributed by atoms with Gasteiger partial charge in [0.25, 0.3) is 0 Å². The summed E-state index contributed by atoms with van der Waals surface area (Å²) in [5, 5.41) is 3.71. The van der Waals surface area contributed by atoms with Crippen LogP contribution in [-0.4, -0.2) is 6.54 Å². The number of benzene rings is 2. The van der Waals surface area contributed by atoms with Crippen LogP contribution >= 0.6 is 0 Å². The minimum atomic E-state index is 0.431. The van der Waals surface area contributed by atoms with E-state index in [4.69, 9.17) is 0 Å². The van der Waals surface area contributed by atoms with Gasteiger partial charge in [0, 0.05) is 6.04 Å². The molecule has 20 heavy (non-hydrogen) atoms. The van der Waals surface area contributed by atoms with E-state index in [0.717, 1.165) is 13.0 Å². The van der Waals surface area contributed by atoms with Crippen LogP contribution in [0.25, 0.3) is 0 Å². The second-order valence-electron chi connectivity index (χ2n) is 5.76. The molecule has 1 atom stereocenters. The molecule has 1 nitrogen and oxygen atoms in total. The third kappa shape index (κ3) is 3.94. The fourth-order valence-electron chi connectivity index (χ4n) is 2.65. The Bertz CT molecular complexity index is 516. The van der Waals surface area contributed by atoms with Crippen LogP contribution in [0.1, 0.15) is 36.6 Å². The fraction of sp³-hybridized carbons (Fsp3) is 0.368. The van der Waals surface area contributed by atoms with Gasteiger partial charge in [-0.15, -0.1) is 0 Å². The van der Waals surface area contributed by atoms with E-state index in [-0.39, 0.29) is 0 Å². The van der Waals surface area contributed by atoms with E-state index in [9.17, 15) is 0 Å². The first kappa shape index (κ1) is 14.8. The molecule has 1 N–H and O–H groups in total. The Labute approximate surface area is 123 Å². The van der Waals surface area contributed by atoms with E-state index in [1.807, 2.05) is 0 Å². The lowest BCUT2D eigenvalue weighted by molar-refractivity contribution is 0.414. The molecule has 0 saturated heterocycles. The highest BCUT2D eigenvalue weighted by Gasteiger charge is 2.14. The van der Waals surface area contributed by atoms with Crippen molar-refractivity contribution >= 4 is 0 Å². The zero-order valence-electron chi connectivity index (χ0n) is 12.8. The Kier molecular flexibility index (Phi) is 5.37. The third-order valence-electron chi connectivity index (χ3n) is 3.85. The predicted molar refractivity (Wildman–Crippen MR) is 86.9 cm³/mol. The normalized spacial score (nSPS) is 12.6. The van der Waals surface area contributed by atoms with Gasteiger partial charge in [-0.25, -0.2) is 0 Å². The second-order valence-corrected chi connectivity index (χ2v) is 5.76. The molecule has 0 fully saturated rings. The number of nitrogens with one attached hydrogen (secondary N) is 1. The van der Waals surface area contributed by atoms with Crippen molar-refractivity contribution in [3.05, 3.63) is 71.3 Å². The van der Waals surface area contributed by atoms with Gasteiger partial charge in [-0.05, 0) is 42.5 Å². The molecule has 2 aromatic carbocycles. The van der Waals surface area contributed by atoms with Crippen molar-refractivity contribution in [3.8, 4) is 0 Å². The van der Waals surface area contributed by atoms with Crippen molar-refractivity contribution in [2.24, 2.45) is 5.92 Å². The molecule has 0 amide bonds. The lowest BCUT2D eigenvalue weighted by atomic mass is 9.95. The van der Waals surface area contributed by atoms with Gasteiger partial charge >= 0.3 is 0 Å². The zero-order chi connectivity index (χ0) is 14.4. The van der Waals surface area contributed by atoms with Crippen molar-refractivity contribution in [2.45, 2.75) is 33.2 Å². The van der Waals surface area contributed by atoms with Crippen molar-refractivity contribution in [3.63, 3.8) is 0 Å². The third-order valence-corrected chi connectivity index (χ3v) is 3.85. The van der Waals surface area contributed by atoms with Gasteiger partial charge in [-0.3, -0.25) is 0 Å². The van der Waals surface area contributed by atoms with Crippen molar-refractivity contribution < 1.29 is 0 Å². The maximum atomic E-state index is 3.71. The van der Waals surface area contributed by atoms with E-state index in [2.05, 4.69) is 80.7 Å². The molecule has 0 aliphatic rings. The molecule has 0 heterocycles. The van der Waals surface area contributed by atoms with Crippen molar-refractivity contribution in [2.75, 3.05) is 6.54 Å². The lowest BCUT2D eigenvalue weighted by Crippen LogP contribution is -2.27. The van der Waals surface area contributed by atoms with Crippen LogP contribution in [0.3, 0.4) is 0 Å². The molecular weight excluding hydrogens is 242 g/mol. The monoisotopic (exact) mass is 267 g/mol. The van der Waals surface area contributed by atoms with Crippen LogP contribution in [0.5, 0.6) is 0 Å². The Morgan fingerprint density at radius 3 is 2.20 bits per heavy atom. The van der Waals surface area contributed by atoms with Crippen molar-refractivity contribution in [1.29, 1.82) is 0 Å². The summed E-state index contributed by atoms with van der Waals surface area (Å²) in [6.07, 6.45) is 1.09. The molecule has 0 aliphatic carbocycles. The highest BCUT2D eigenvalue weighted by Crippen LogP contribution is 2.21. The average molecular weight is 267 g/mol. The number of rotatable bonds is 6. The molecule has 0 radical (unpaired) electrons. The molecule has 2 rings (SSSR count). The van der Waals surface area contributed by atoms with Gasteiger partial charge in [-0.1, -0.05) is 68.4 Å². The van der Waals surface area contributed by atoms with Crippen LogP contribution < -0.4 is 5.32 Å². The second kappa shape index (κ2) is 7.25. The Hall–Kier alpha value is -1.60. The van der Waals surface area contributed by atoms with Gasteiger partial charge in [0.2, 0.25) is 0 Å². The van der Waals surface area contributed by atoms with E-state index >= 15 is 0 Å². The molecule has 2 aromatic rings. The van der Waals surface area contributed by atoms with Gasteiger partial charge in [-0.2, -0.15) is 0 Å². The summed E-state index contributed by atoms with van der Waals surface area (Å²) in [6.45, 7) is 7.76. The standard InChI is InChI=1S/C19H25N/c1-15(2)19(18-11-5-4-6-12-18)20-14-13-17-10-8-7-9-16(17)3/h4-12,15,19-20H,13-14H2,1-3H3. The molecule has 0 aromatic heterocycles. The molecule has 1 heteroatoms. The van der Waals surface area contributed by atoms with E-state index in [1.165, 1.54) is 16.7 Å². The predicted octanol–water partition coefficient (Wildman–Crippen LogP) is 4.52. The SMILES string of the molecule is Cc1ccccc1CCNC(c1ccccc1)C(C)C. The summed E-state index contributed by atoms with van der Waals surface area (Å²) in [5.74, 6) is 0.592. The van der Waals surface area contributed by atoms with Crippen LogP contribution in [-0.2, 0) is 6.42 Å². The molecule has 0 spiro atoms. The molecule has 0 aliphatic heterocycles. The maximum absolute atomic E-state index is 3.71. The first-order chi connectivity index (χ1) is 9.68. The smallest absolute Gasteiger partial charge is 0.0343 e. The Morgan fingerprint density at radius 1 is 0.900 bits per heavy atom. The highest BCUT2D eigenvalue weighted by molar-refractivity contribution is 5.26.